The molecule has 2 aliphatic rings. The minimum atomic E-state index is -0.0926. The van der Waals surface area contributed by atoms with Gasteiger partial charge >= 0.3 is 5.97 Å². The normalized spacial score (nSPS) is 20.1. The van der Waals surface area contributed by atoms with Crippen molar-refractivity contribution >= 4 is 5.97 Å². The van der Waals surface area contributed by atoms with Crippen molar-refractivity contribution in [2.45, 2.75) is 71.1 Å². The zero-order chi connectivity index (χ0) is 21.3. The maximum absolute atomic E-state index is 13.0. The molecule has 0 amide bonds. The molecule has 2 aromatic rings. The van der Waals surface area contributed by atoms with E-state index in [1.165, 1.54) is 11.1 Å². The van der Waals surface area contributed by atoms with Crippen LogP contribution < -0.4 is 5.32 Å². The maximum Gasteiger partial charge on any atom is 0.311 e. The van der Waals surface area contributed by atoms with Gasteiger partial charge in [-0.1, -0.05) is 61.5 Å². The Morgan fingerprint density at radius 1 is 0.861 bits per heavy atom. The number of fused-ring (bicyclic) bond motifs is 2. The van der Waals surface area contributed by atoms with Crippen molar-refractivity contribution in [2.75, 3.05) is 0 Å². The third-order valence-electron chi connectivity index (χ3n) is 6.24. The van der Waals surface area contributed by atoms with Gasteiger partial charge in [0.15, 0.2) is 0 Å². The van der Waals surface area contributed by atoms with Crippen molar-refractivity contribution in [2.24, 2.45) is 5.92 Å². The van der Waals surface area contributed by atoms with Gasteiger partial charge in [0.2, 0.25) is 0 Å². The summed E-state index contributed by atoms with van der Waals surface area (Å²) in [4.78, 5) is 13.0. The van der Waals surface area contributed by atoms with Crippen LogP contribution in [-0.2, 0) is 22.6 Å². The Balaban J connectivity index is -0.000000479. The van der Waals surface area contributed by atoms with E-state index in [0.29, 0.717) is 12.6 Å². The quantitative estimate of drug-likeness (QED) is 0.441. The van der Waals surface area contributed by atoms with E-state index in [2.05, 4.69) is 48.3 Å². The number of hydrogen-bond donors (Lipinski definition) is 1. The van der Waals surface area contributed by atoms with Gasteiger partial charge in [-0.25, -0.2) is 0 Å². The Labute approximate surface area is 214 Å². The second kappa shape index (κ2) is 20.4. The number of benzene rings is 2. The molecular formula is C27H45NO8. The summed E-state index contributed by atoms with van der Waals surface area (Å²) < 4.78 is 5.74. The second-order valence-electron chi connectivity index (χ2n) is 8.10. The van der Waals surface area contributed by atoms with Gasteiger partial charge in [0, 0.05) is 18.0 Å². The van der Waals surface area contributed by atoms with Gasteiger partial charge < -0.3 is 42.9 Å². The number of piperidine rings is 1. The van der Waals surface area contributed by atoms with E-state index in [0.717, 1.165) is 31.2 Å². The van der Waals surface area contributed by atoms with E-state index in [-0.39, 0.29) is 56.7 Å². The lowest BCUT2D eigenvalue weighted by Crippen LogP contribution is -2.48. The molecule has 36 heavy (non-hydrogen) atoms. The summed E-state index contributed by atoms with van der Waals surface area (Å²) in [7, 11) is 0. The number of nitrogens with one attached hydrogen (secondary N) is 1. The predicted molar refractivity (Wildman–Crippen MR) is 144 cm³/mol. The molecule has 2 bridgehead atoms. The second-order valence-corrected chi connectivity index (χ2v) is 8.10. The predicted octanol–water partition coefficient (Wildman–Crippen LogP) is 0.298. The molecule has 2 fully saturated rings. The first kappa shape index (κ1) is 40.4. The molecule has 0 saturated carbocycles. The molecule has 4 unspecified atom stereocenters. The van der Waals surface area contributed by atoms with Crippen molar-refractivity contribution in [3.8, 4) is 11.8 Å². The van der Waals surface area contributed by atoms with E-state index in [4.69, 9.17) is 4.74 Å². The van der Waals surface area contributed by atoms with Gasteiger partial charge in [0.1, 0.15) is 6.61 Å². The number of esters is 1. The zero-order valence-electron chi connectivity index (χ0n) is 21.4. The number of rotatable bonds is 5. The van der Waals surface area contributed by atoms with Gasteiger partial charge in [0.05, 0.1) is 5.92 Å². The summed E-state index contributed by atoms with van der Waals surface area (Å²) in [6.07, 6.45) is 4.30. The van der Waals surface area contributed by atoms with Gasteiger partial charge in [-0.05, 0) is 56.2 Å². The van der Waals surface area contributed by atoms with Crippen LogP contribution >= 0.6 is 0 Å². The first-order valence-electron chi connectivity index (χ1n) is 11.0. The lowest BCUT2D eigenvalue weighted by Gasteiger charge is -2.36. The maximum atomic E-state index is 13.0. The molecule has 0 radical (unpaired) electrons. The highest BCUT2D eigenvalue weighted by Gasteiger charge is 2.46. The van der Waals surface area contributed by atoms with Crippen molar-refractivity contribution in [3.63, 3.8) is 0 Å². The zero-order valence-corrected chi connectivity index (χ0v) is 21.4. The van der Waals surface area contributed by atoms with Crippen molar-refractivity contribution in [1.82, 2.24) is 5.32 Å². The Morgan fingerprint density at radius 3 is 1.97 bits per heavy atom. The SMILES string of the molecule is CC#CC.CCc1ccc(C2CC3CCC(N3)C2C(=O)OCc2ccccc2)cc1.O.O.O.O.O.O. The summed E-state index contributed by atoms with van der Waals surface area (Å²) in [5, 5.41) is 3.64. The number of aryl methyl sites for hydroxylation is 1. The molecule has 2 heterocycles. The third-order valence-corrected chi connectivity index (χ3v) is 6.24. The fourth-order valence-electron chi connectivity index (χ4n) is 4.55. The molecule has 2 aromatic carbocycles. The molecule has 4 rings (SSSR count). The summed E-state index contributed by atoms with van der Waals surface area (Å²) in [5.41, 5.74) is 3.66. The highest BCUT2D eigenvalue weighted by Crippen LogP contribution is 2.42. The number of carbonyl (C=O) groups is 1. The minimum Gasteiger partial charge on any atom is -0.461 e. The lowest BCUT2D eigenvalue weighted by molar-refractivity contribution is -0.152. The molecule has 9 heteroatoms. The van der Waals surface area contributed by atoms with Crippen LogP contribution in [0.4, 0.5) is 0 Å². The number of ether oxygens (including phenoxy) is 1. The van der Waals surface area contributed by atoms with Crippen LogP contribution in [0.25, 0.3) is 0 Å². The first-order valence-corrected chi connectivity index (χ1v) is 11.0. The topological polar surface area (TPSA) is 227 Å². The molecule has 0 spiro atoms. The van der Waals surface area contributed by atoms with E-state index in [1.807, 2.05) is 44.2 Å². The molecule has 9 nitrogen and oxygen atoms in total. The standard InChI is InChI=1S/C23H27NO2.C4H6.6H2O/c1-2-16-8-10-18(11-9-16)20-14-19-12-13-21(24-19)22(20)23(25)26-15-17-6-4-3-5-7-17;1-3-4-2;;;;;;/h3-11,19-22,24H,2,12-15H2,1H3;1-2H3;6*1H2. The van der Waals surface area contributed by atoms with Gasteiger partial charge in [-0.15, -0.1) is 11.8 Å². The molecule has 2 saturated heterocycles. The molecule has 0 aromatic heterocycles. The fourth-order valence-corrected chi connectivity index (χ4v) is 4.55. The number of hydrogen-bond acceptors (Lipinski definition) is 3. The van der Waals surface area contributed by atoms with Crippen LogP contribution in [0.15, 0.2) is 54.6 Å². The van der Waals surface area contributed by atoms with E-state index < -0.39 is 0 Å². The Morgan fingerprint density at radius 2 is 1.44 bits per heavy atom. The number of carbonyl (C=O) groups excluding carboxylic acids is 1. The average Bonchev–Trinajstić information content (AvgIpc) is 3.19. The van der Waals surface area contributed by atoms with E-state index >= 15 is 0 Å². The highest BCUT2D eigenvalue weighted by atomic mass is 16.5. The monoisotopic (exact) mass is 511 g/mol. The average molecular weight is 512 g/mol. The minimum absolute atomic E-state index is 0. The van der Waals surface area contributed by atoms with Crippen LogP contribution in [0.5, 0.6) is 0 Å². The largest absolute Gasteiger partial charge is 0.461 e. The smallest absolute Gasteiger partial charge is 0.311 e. The summed E-state index contributed by atoms with van der Waals surface area (Å²) in [6.45, 7) is 6.16. The Bertz CT molecular complexity index is 874. The summed E-state index contributed by atoms with van der Waals surface area (Å²) in [6, 6.07) is 19.5. The summed E-state index contributed by atoms with van der Waals surface area (Å²) in [5.74, 6) is 5.46. The van der Waals surface area contributed by atoms with Crippen LogP contribution in [0.3, 0.4) is 0 Å². The van der Waals surface area contributed by atoms with Gasteiger partial charge in [-0.2, -0.15) is 0 Å². The van der Waals surface area contributed by atoms with Gasteiger partial charge in [-0.3, -0.25) is 4.79 Å². The van der Waals surface area contributed by atoms with Crippen molar-refractivity contribution in [3.05, 3.63) is 71.3 Å². The van der Waals surface area contributed by atoms with Crippen LogP contribution in [0.1, 0.15) is 62.6 Å². The summed E-state index contributed by atoms with van der Waals surface area (Å²) >= 11 is 0. The molecule has 2 aliphatic heterocycles. The molecule has 4 atom stereocenters. The van der Waals surface area contributed by atoms with Crippen LogP contribution in [0.2, 0.25) is 0 Å². The lowest BCUT2D eigenvalue weighted by atomic mass is 9.77. The first-order chi connectivity index (χ1) is 14.7. The molecule has 206 valence electrons. The fraction of sp³-hybridized carbons (Fsp3) is 0.444. The molecule has 13 N–H and O–H groups in total. The van der Waals surface area contributed by atoms with Crippen LogP contribution in [-0.4, -0.2) is 50.9 Å². The molecule has 0 aliphatic carbocycles. The third kappa shape index (κ3) is 10.4. The van der Waals surface area contributed by atoms with Crippen molar-refractivity contribution in [1.29, 1.82) is 0 Å². The highest BCUT2D eigenvalue weighted by molar-refractivity contribution is 5.75. The Kier molecular flexibility index (Phi) is 22.9. The Hall–Kier alpha value is -2.81. The molecular weight excluding hydrogens is 466 g/mol. The van der Waals surface area contributed by atoms with Gasteiger partial charge in [0.25, 0.3) is 0 Å². The van der Waals surface area contributed by atoms with E-state index in [9.17, 15) is 4.79 Å². The van der Waals surface area contributed by atoms with Crippen molar-refractivity contribution < 1.29 is 42.4 Å². The van der Waals surface area contributed by atoms with E-state index in [1.54, 1.807) is 0 Å². The van der Waals surface area contributed by atoms with Crippen LogP contribution in [0, 0.1) is 17.8 Å².